The van der Waals surface area contributed by atoms with Gasteiger partial charge in [0.25, 0.3) is 0 Å². The van der Waals surface area contributed by atoms with Crippen LogP contribution < -0.4 is 11.0 Å². The summed E-state index contributed by atoms with van der Waals surface area (Å²) in [6.45, 7) is 1.88. The smallest absolute Gasteiger partial charge is 0.221 e. The molecule has 1 aliphatic heterocycles. The maximum atomic E-state index is 3.98. The van der Waals surface area contributed by atoms with Crippen molar-refractivity contribution in [2.24, 2.45) is 10.2 Å². The average Bonchev–Trinajstić information content (AvgIpc) is 1.91. The fraction of sp³-hybridized carbons (Fsp3) is 0.250. The predicted molar refractivity (Wildman–Crippen MR) is 25.6 cm³/mol. The van der Waals surface area contributed by atoms with Crippen molar-refractivity contribution in [3.05, 3.63) is 16.8 Å². The Morgan fingerprint density at radius 2 is 2.25 bits per heavy atom. The van der Waals surface area contributed by atoms with Gasteiger partial charge in [0.2, 0.25) is 11.0 Å². The SMILES string of the molecule is Cc1nc2c([nH]1)=NN=2. The van der Waals surface area contributed by atoms with Crippen molar-refractivity contribution in [1.29, 1.82) is 0 Å². The van der Waals surface area contributed by atoms with Crippen molar-refractivity contribution in [2.75, 3.05) is 0 Å². The normalized spacial score (nSPS) is 13.1. The minimum absolute atomic E-state index is 0.738. The van der Waals surface area contributed by atoms with Gasteiger partial charge in [0.05, 0.1) is 0 Å². The summed E-state index contributed by atoms with van der Waals surface area (Å²) in [4.78, 5) is 6.90. The van der Waals surface area contributed by atoms with Gasteiger partial charge in [-0.1, -0.05) is 0 Å². The van der Waals surface area contributed by atoms with Gasteiger partial charge in [-0.25, -0.2) is 4.98 Å². The van der Waals surface area contributed by atoms with Crippen LogP contribution in [0.1, 0.15) is 5.82 Å². The van der Waals surface area contributed by atoms with Crippen LogP contribution in [0.25, 0.3) is 0 Å². The zero-order chi connectivity index (χ0) is 5.56. The molecule has 0 saturated carbocycles. The van der Waals surface area contributed by atoms with Crippen molar-refractivity contribution in [3.8, 4) is 0 Å². The second-order valence-electron chi connectivity index (χ2n) is 1.69. The van der Waals surface area contributed by atoms with E-state index < -0.39 is 0 Å². The number of aromatic amines is 1. The van der Waals surface area contributed by atoms with Crippen LogP contribution in [-0.2, 0) is 0 Å². The molecule has 0 aliphatic carbocycles. The molecule has 0 saturated heterocycles. The molecular formula is C4H4N4. The van der Waals surface area contributed by atoms with Crippen molar-refractivity contribution in [1.82, 2.24) is 9.97 Å². The molecule has 8 heavy (non-hydrogen) atoms. The van der Waals surface area contributed by atoms with Crippen molar-refractivity contribution < 1.29 is 0 Å². The quantitative estimate of drug-likeness (QED) is 0.450. The van der Waals surface area contributed by atoms with Gasteiger partial charge in [0.15, 0.2) is 0 Å². The Bertz CT molecular complexity index is 289. The molecule has 4 nitrogen and oxygen atoms in total. The number of hydrogen-bond acceptors (Lipinski definition) is 3. The third-order valence-electron chi connectivity index (χ3n) is 1.03. The van der Waals surface area contributed by atoms with E-state index in [0.29, 0.717) is 0 Å². The first-order chi connectivity index (χ1) is 3.86. The van der Waals surface area contributed by atoms with Crippen molar-refractivity contribution in [2.45, 2.75) is 6.92 Å². The van der Waals surface area contributed by atoms with E-state index in [-0.39, 0.29) is 0 Å². The monoisotopic (exact) mass is 108 g/mol. The summed E-state index contributed by atoms with van der Waals surface area (Å²) in [7, 11) is 0. The number of aryl methyl sites for hydroxylation is 1. The highest BCUT2D eigenvalue weighted by molar-refractivity contribution is 4.86. The van der Waals surface area contributed by atoms with Crippen LogP contribution in [-0.4, -0.2) is 9.97 Å². The lowest BCUT2D eigenvalue weighted by Gasteiger charge is -1.79. The predicted octanol–water partition coefficient (Wildman–Crippen LogP) is -1.11. The molecule has 0 spiro atoms. The van der Waals surface area contributed by atoms with Crippen LogP contribution in [0.3, 0.4) is 0 Å². The molecule has 0 amide bonds. The molecule has 0 radical (unpaired) electrons. The van der Waals surface area contributed by atoms with Crippen LogP contribution in [0, 0.1) is 6.92 Å². The highest BCUT2D eigenvalue weighted by Crippen LogP contribution is 1.76. The van der Waals surface area contributed by atoms with Crippen LogP contribution in [0.2, 0.25) is 0 Å². The highest BCUT2D eigenvalue weighted by Gasteiger charge is 2.00. The maximum Gasteiger partial charge on any atom is 0.221 e. The molecule has 0 unspecified atom stereocenters. The Morgan fingerprint density at radius 1 is 1.38 bits per heavy atom. The number of nitrogens with one attached hydrogen (secondary N) is 1. The Hall–Kier alpha value is -1.19. The molecule has 2 heterocycles. The summed E-state index contributed by atoms with van der Waals surface area (Å²) in [5, 5.41) is 7.30. The van der Waals surface area contributed by atoms with Gasteiger partial charge >= 0.3 is 0 Å². The van der Waals surface area contributed by atoms with E-state index in [1.807, 2.05) is 6.92 Å². The third kappa shape index (κ3) is 0.279. The average molecular weight is 108 g/mol. The Balaban J connectivity index is 3.00. The van der Waals surface area contributed by atoms with Crippen LogP contribution >= 0.6 is 0 Å². The van der Waals surface area contributed by atoms with Gasteiger partial charge in [-0.3, -0.25) is 0 Å². The molecular weight excluding hydrogens is 104 g/mol. The Labute approximate surface area is 45.0 Å². The Morgan fingerprint density at radius 3 is 2.50 bits per heavy atom. The summed E-state index contributed by atoms with van der Waals surface area (Å²) in [5.74, 6) is 0.875. The van der Waals surface area contributed by atoms with Crippen LogP contribution in [0.5, 0.6) is 0 Å². The van der Waals surface area contributed by atoms with Gasteiger partial charge in [-0.05, 0) is 6.92 Å². The molecule has 1 aliphatic rings. The van der Waals surface area contributed by atoms with E-state index in [0.717, 1.165) is 16.8 Å². The molecule has 1 aromatic rings. The van der Waals surface area contributed by atoms with Gasteiger partial charge in [0, 0.05) is 0 Å². The molecule has 4 heteroatoms. The number of imidazole rings is 1. The molecule has 0 fully saturated rings. The third-order valence-corrected chi connectivity index (χ3v) is 1.03. The zero-order valence-electron chi connectivity index (χ0n) is 4.34. The molecule has 0 bridgehead atoms. The summed E-state index contributed by atoms with van der Waals surface area (Å²) in [6.07, 6.45) is 0. The lowest BCUT2D eigenvalue weighted by atomic mass is 10.8. The first-order valence-electron chi connectivity index (χ1n) is 2.34. The molecule has 0 atom stereocenters. The summed E-state index contributed by atoms with van der Waals surface area (Å²) >= 11 is 0. The minimum Gasteiger partial charge on any atom is -0.324 e. The molecule has 40 valence electrons. The van der Waals surface area contributed by atoms with Crippen molar-refractivity contribution >= 4 is 0 Å². The zero-order valence-corrected chi connectivity index (χ0v) is 4.34. The maximum absolute atomic E-state index is 3.98. The van der Waals surface area contributed by atoms with E-state index >= 15 is 0 Å². The van der Waals surface area contributed by atoms with Crippen LogP contribution in [0.15, 0.2) is 10.2 Å². The van der Waals surface area contributed by atoms with E-state index in [2.05, 4.69) is 20.2 Å². The number of hydrogen-bond donors (Lipinski definition) is 1. The fourth-order valence-corrected chi connectivity index (χ4v) is 0.659. The molecule has 0 aromatic carbocycles. The summed E-state index contributed by atoms with van der Waals surface area (Å²) in [6, 6.07) is 0. The second kappa shape index (κ2) is 0.964. The van der Waals surface area contributed by atoms with Crippen LogP contribution in [0.4, 0.5) is 0 Å². The van der Waals surface area contributed by atoms with E-state index in [9.17, 15) is 0 Å². The number of rotatable bonds is 0. The molecule has 2 rings (SSSR count). The van der Waals surface area contributed by atoms with E-state index in [1.165, 1.54) is 0 Å². The second-order valence-corrected chi connectivity index (χ2v) is 1.69. The standard InChI is InChI=1S/C4H4N4/c1-2-5-3-4(6-2)8-7-3/h1H3,(H,5,6,7,8). The van der Waals surface area contributed by atoms with Crippen molar-refractivity contribution in [3.63, 3.8) is 0 Å². The number of H-pyrrole nitrogens is 1. The molecule has 1 N–H and O–H groups in total. The van der Waals surface area contributed by atoms with E-state index in [1.54, 1.807) is 0 Å². The molecule has 1 aromatic heterocycles. The summed E-state index contributed by atoms with van der Waals surface area (Å²) in [5.41, 5.74) is 1.55. The van der Waals surface area contributed by atoms with Gasteiger partial charge < -0.3 is 4.98 Å². The minimum atomic E-state index is 0.738. The van der Waals surface area contributed by atoms with E-state index in [4.69, 9.17) is 0 Å². The lowest BCUT2D eigenvalue weighted by molar-refractivity contribution is 0.888. The first-order valence-corrected chi connectivity index (χ1v) is 2.34. The number of aromatic nitrogens is 2. The number of fused-ring (bicyclic) bond motifs is 1. The largest absolute Gasteiger partial charge is 0.324 e. The summed E-state index contributed by atoms with van der Waals surface area (Å²) < 4.78 is 0. The lowest BCUT2D eigenvalue weighted by Crippen LogP contribution is -2.31. The topological polar surface area (TPSA) is 53.4 Å². The van der Waals surface area contributed by atoms with Gasteiger partial charge in [-0.2, -0.15) is 0 Å². The Kier molecular flexibility index (Phi) is 0.454. The van der Waals surface area contributed by atoms with Gasteiger partial charge in [-0.15, -0.1) is 10.2 Å². The van der Waals surface area contributed by atoms with Gasteiger partial charge in [0.1, 0.15) is 5.82 Å². The highest BCUT2D eigenvalue weighted by atomic mass is 15.3. The fourth-order valence-electron chi connectivity index (χ4n) is 0.659. The first kappa shape index (κ1) is 3.77. The number of nitrogens with zero attached hydrogens (tertiary/aromatic N) is 3.